The monoisotopic (exact) mass is 597 g/mol. The van der Waals surface area contributed by atoms with Crippen LogP contribution in [0.5, 0.6) is 0 Å². The average molecular weight is 598 g/mol. The molecule has 0 radical (unpaired) electrons. The van der Waals surface area contributed by atoms with Crippen molar-refractivity contribution in [2.75, 3.05) is 17.4 Å². The molecule has 0 aliphatic heterocycles. The van der Waals surface area contributed by atoms with Crippen molar-refractivity contribution >= 4 is 27.5 Å². The molecule has 0 fully saturated rings. The molecule has 0 aliphatic rings. The standard InChI is InChI=1S/C35H39N3O4S/c1-5-36-35(40)33(23-29-15-8-6-9-16-29)37(24-30-17-13-12-14-28(30)4)34(39)25-38(31-21-26(2)20-27(3)22-31)43(41,42)32-18-10-7-11-19-32/h6-22,33H,5,23-25H2,1-4H3,(H,36,40)/t33-/m1/s1. The van der Waals surface area contributed by atoms with Crippen molar-refractivity contribution < 1.29 is 18.0 Å². The minimum Gasteiger partial charge on any atom is -0.355 e. The Morgan fingerprint density at radius 1 is 0.791 bits per heavy atom. The quantitative estimate of drug-likeness (QED) is 0.231. The van der Waals surface area contributed by atoms with Crippen LogP contribution in [-0.4, -0.2) is 44.3 Å². The minimum absolute atomic E-state index is 0.0805. The fourth-order valence-electron chi connectivity index (χ4n) is 5.16. The van der Waals surface area contributed by atoms with Crippen molar-refractivity contribution in [3.05, 3.63) is 131 Å². The number of carbonyl (C=O) groups is 2. The van der Waals surface area contributed by atoms with Gasteiger partial charge in [-0.15, -0.1) is 0 Å². The van der Waals surface area contributed by atoms with E-state index >= 15 is 0 Å². The zero-order valence-corrected chi connectivity index (χ0v) is 26.0. The smallest absolute Gasteiger partial charge is 0.264 e. The number of sulfonamides is 1. The summed E-state index contributed by atoms with van der Waals surface area (Å²) in [4.78, 5) is 29.7. The van der Waals surface area contributed by atoms with Crippen LogP contribution in [0.25, 0.3) is 0 Å². The van der Waals surface area contributed by atoms with Crippen LogP contribution in [0.3, 0.4) is 0 Å². The number of likely N-dealkylation sites (N-methyl/N-ethyl adjacent to an activating group) is 1. The van der Waals surface area contributed by atoms with Gasteiger partial charge in [-0.05, 0) is 79.8 Å². The zero-order valence-electron chi connectivity index (χ0n) is 25.2. The fraction of sp³-hybridized carbons (Fsp3) is 0.257. The Hall–Kier alpha value is -4.43. The number of hydrogen-bond acceptors (Lipinski definition) is 4. The molecule has 1 atom stereocenters. The summed E-state index contributed by atoms with van der Waals surface area (Å²) in [6.45, 7) is 7.63. The van der Waals surface area contributed by atoms with E-state index in [1.165, 1.54) is 17.0 Å². The molecular formula is C35H39N3O4S. The number of nitrogens with one attached hydrogen (secondary N) is 1. The van der Waals surface area contributed by atoms with Gasteiger partial charge in [0.1, 0.15) is 12.6 Å². The number of amides is 2. The molecule has 2 amide bonds. The minimum atomic E-state index is -4.13. The van der Waals surface area contributed by atoms with Crippen molar-refractivity contribution in [1.29, 1.82) is 0 Å². The molecule has 0 aliphatic carbocycles. The number of nitrogens with zero attached hydrogens (tertiary/aromatic N) is 2. The van der Waals surface area contributed by atoms with E-state index in [4.69, 9.17) is 0 Å². The molecule has 43 heavy (non-hydrogen) atoms. The van der Waals surface area contributed by atoms with Crippen LogP contribution in [0, 0.1) is 20.8 Å². The first-order valence-electron chi connectivity index (χ1n) is 14.4. The van der Waals surface area contributed by atoms with Gasteiger partial charge in [0.05, 0.1) is 10.6 Å². The highest BCUT2D eigenvalue weighted by atomic mass is 32.2. The van der Waals surface area contributed by atoms with Crippen LogP contribution >= 0.6 is 0 Å². The molecule has 0 saturated carbocycles. The molecule has 0 spiro atoms. The van der Waals surface area contributed by atoms with E-state index in [0.29, 0.717) is 12.2 Å². The summed E-state index contributed by atoms with van der Waals surface area (Å²) < 4.78 is 29.4. The summed E-state index contributed by atoms with van der Waals surface area (Å²) in [5, 5.41) is 2.89. The Morgan fingerprint density at radius 2 is 1.37 bits per heavy atom. The normalized spacial score (nSPS) is 11.9. The van der Waals surface area contributed by atoms with Crippen LogP contribution in [0.2, 0.25) is 0 Å². The van der Waals surface area contributed by atoms with Crippen LogP contribution in [0.1, 0.15) is 34.7 Å². The second-order valence-electron chi connectivity index (χ2n) is 10.7. The van der Waals surface area contributed by atoms with Crippen molar-refractivity contribution in [3.8, 4) is 0 Å². The molecule has 0 saturated heterocycles. The second kappa shape index (κ2) is 14.2. The Balaban J connectivity index is 1.82. The van der Waals surface area contributed by atoms with Crippen LogP contribution in [0.4, 0.5) is 5.69 Å². The summed E-state index contributed by atoms with van der Waals surface area (Å²) in [6.07, 6.45) is 0.277. The summed E-state index contributed by atoms with van der Waals surface area (Å²) in [5.74, 6) is -0.772. The van der Waals surface area contributed by atoms with Gasteiger partial charge in [0, 0.05) is 19.5 Å². The van der Waals surface area contributed by atoms with Gasteiger partial charge >= 0.3 is 0 Å². The second-order valence-corrected chi connectivity index (χ2v) is 12.6. The highest BCUT2D eigenvalue weighted by Crippen LogP contribution is 2.27. The molecule has 7 nitrogen and oxygen atoms in total. The number of hydrogen-bond donors (Lipinski definition) is 1. The Bertz CT molecular complexity index is 1640. The molecule has 4 aromatic carbocycles. The topological polar surface area (TPSA) is 86.8 Å². The first-order chi connectivity index (χ1) is 20.6. The molecule has 1 N–H and O–H groups in total. The van der Waals surface area contributed by atoms with E-state index < -0.39 is 28.5 Å². The third kappa shape index (κ3) is 7.90. The van der Waals surface area contributed by atoms with E-state index in [-0.39, 0.29) is 23.8 Å². The molecule has 0 heterocycles. The average Bonchev–Trinajstić information content (AvgIpc) is 2.99. The van der Waals surface area contributed by atoms with Gasteiger partial charge in [0.25, 0.3) is 10.0 Å². The summed E-state index contributed by atoms with van der Waals surface area (Å²) in [5.41, 5.74) is 4.88. The predicted octanol–water partition coefficient (Wildman–Crippen LogP) is 5.58. The number of carbonyl (C=O) groups excluding carboxylic acids is 2. The van der Waals surface area contributed by atoms with Crippen LogP contribution in [-0.2, 0) is 32.6 Å². The van der Waals surface area contributed by atoms with Crippen molar-refractivity contribution in [1.82, 2.24) is 10.2 Å². The van der Waals surface area contributed by atoms with Crippen molar-refractivity contribution in [2.24, 2.45) is 0 Å². The first kappa shape index (κ1) is 31.5. The highest BCUT2D eigenvalue weighted by molar-refractivity contribution is 7.92. The van der Waals surface area contributed by atoms with E-state index in [1.54, 1.807) is 30.3 Å². The molecular weight excluding hydrogens is 558 g/mol. The van der Waals surface area contributed by atoms with Gasteiger partial charge in [-0.3, -0.25) is 13.9 Å². The van der Waals surface area contributed by atoms with Gasteiger partial charge in [-0.2, -0.15) is 0 Å². The fourth-order valence-corrected chi connectivity index (χ4v) is 6.58. The lowest BCUT2D eigenvalue weighted by Gasteiger charge is -2.34. The van der Waals surface area contributed by atoms with E-state index in [9.17, 15) is 18.0 Å². The number of aryl methyl sites for hydroxylation is 3. The Kier molecular flexibility index (Phi) is 10.4. The van der Waals surface area contributed by atoms with E-state index in [1.807, 2.05) is 88.4 Å². The maximum atomic E-state index is 14.5. The number of anilines is 1. The lowest BCUT2D eigenvalue weighted by atomic mass is 10.0. The van der Waals surface area contributed by atoms with Gasteiger partial charge in [0.2, 0.25) is 11.8 Å². The maximum absolute atomic E-state index is 14.5. The Labute approximate surface area is 255 Å². The summed E-state index contributed by atoms with van der Waals surface area (Å²) in [7, 11) is -4.13. The zero-order chi connectivity index (χ0) is 31.0. The molecule has 4 rings (SSSR count). The first-order valence-corrected chi connectivity index (χ1v) is 15.9. The maximum Gasteiger partial charge on any atom is 0.264 e. The molecule has 0 aromatic heterocycles. The summed E-state index contributed by atoms with van der Waals surface area (Å²) in [6, 6.07) is 29.9. The molecule has 0 unspecified atom stereocenters. The number of rotatable bonds is 12. The lowest BCUT2D eigenvalue weighted by molar-refractivity contribution is -0.140. The molecule has 8 heteroatoms. The Morgan fingerprint density at radius 3 is 1.98 bits per heavy atom. The van der Waals surface area contributed by atoms with Gasteiger partial charge in [-0.25, -0.2) is 8.42 Å². The predicted molar refractivity (Wildman–Crippen MR) is 171 cm³/mol. The molecule has 4 aromatic rings. The van der Waals surface area contributed by atoms with Gasteiger partial charge in [-0.1, -0.05) is 78.9 Å². The van der Waals surface area contributed by atoms with E-state index in [0.717, 1.165) is 32.1 Å². The highest BCUT2D eigenvalue weighted by Gasteiger charge is 2.34. The SMILES string of the molecule is CCNC(=O)[C@@H](Cc1ccccc1)N(Cc1ccccc1C)C(=O)CN(c1cc(C)cc(C)c1)S(=O)(=O)c1ccccc1. The molecule has 0 bridgehead atoms. The largest absolute Gasteiger partial charge is 0.355 e. The van der Waals surface area contributed by atoms with Crippen molar-refractivity contribution in [3.63, 3.8) is 0 Å². The lowest BCUT2D eigenvalue weighted by Crippen LogP contribution is -2.53. The van der Waals surface area contributed by atoms with Crippen molar-refractivity contribution in [2.45, 2.75) is 51.6 Å². The number of benzene rings is 4. The third-order valence-electron chi connectivity index (χ3n) is 7.33. The third-order valence-corrected chi connectivity index (χ3v) is 9.12. The van der Waals surface area contributed by atoms with E-state index in [2.05, 4.69) is 5.32 Å². The summed E-state index contributed by atoms with van der Waals surface area (Å²) >= 11 is 0. The van der Waals surface area contributed by atoms with Gasteiger partial charge in [0.15, 0.2) is 0 Å². The van der Waals surface area contributed by atoms with Gasteiger partial charge < -0.3 is 10.2 Å². The van der Waals surface area contributed by atoms with Crippen LogP contribution < -0.4 is 9.62 Å². The van der Waals surface area contributed by atoms with Crippen LogP contribution in [0.15, 0.2) is 108 Å². The molecule has 224 valence electrons.